The van der Waals surface area contributed by atoms with Crippen LogP contribution in [0.1, 0.15) is 6.42 Å². The lowest BCUT2D eigenvalue weighted by Gasteiger charge is -2.21. The van der Waals surface area contributed by atoms with E-state index in [0.29, 0.717) is 32.0 Å². The van der Waals surface area contributed by atoms with E-state index in [-0.39, 0.29) is 0 Å². The zero-order valence-corrected chi connectivity index (χ0v) is 11.7. The summed E-state index contributed by atoms with van der Waals surface area (Å²) in [4.78, 5) is 4.10. The number of nitrogens with zero attached hydrogens (tertiary/aromatic N) is 2. The standard InChI is InChI=1S/C13H16N4O2S/c14-11-10(9-2-1-4-15-6-9)12(20-17-11)16-7-13(18)3-5-19-8-13/h1-2,4,6,16,18H,3,5,7-8H2,(H2,14,17). The number of hydrogen-bond donors (Lipinski definition) is 3. The maximum atomic E-state index is 10.3. The van der Waals surface area contributed by atoms with Gasteiger partial charge in [0.15, 0.2) is 0 Å². The van der Waals surface area contributed by atoms with E-state index >= 15 is 0 Å². The molecule has 0 aromatic carbocycles. The van der Waals surface area contributed by atoms with E-state index in [2.05, 4.69) is 14.7 Å². The van der Waals surface area contributed by atoms with Crippen LogP contribution in [-0.4, -0.2) is 39.8 Å². The lowest BCUT2D eigenvalue weighted by Crippen LogP contribution is -2.37. The Bertz CT molecular complexity index is 581. The van der Waals surface area contributed by atoms with Crippen molar-refractivity contribution in [3.8, 4) is 11.1 Å². The van der Waals surface area contributed by atoms with E-state index < -0.39 is 5.60 Å². The van der Waals surface area contributed by atoms with Crippen LogP contribution in [0.15, 0.2) is 24.5 Å². The van der Waals surface area contributed by atoms with Crippen molar-refractivity contribution < 1.29 is 9.84 Å². The number of nitrogen functional groups attached to an aromatic ring is 1. The zero-order chi connectivity index (χ0) is 14.0. The van der Waals surface area contributed by atoms with Crippen LogP contribution in [0.4, 0.5) is 10.8 Å². The van der Waals surface area contributed by atoms with Gasteiger partial charge in [-0.1, -0.05) is 6.07 Å². The van der Waals surface area contributed by atoms with Gasteiger partial charge in [0, 0.05) is 37.5 Å². The van der Waals surface area contributed by atoms with Crippen molar-refractivity contribution in [2.75, 3.05) is 30.8 Å². The smallest absolute Gasteiger partial charge is 0.147 e. The second-order valence-corrected chi connectivity index (χ2v) is 5.67. The summed E-state index contributed by atoms with van der Waals surface area (Å²) in [5.74, 6) is 0.472. The van der Waals surface area contributed by atoms with Crippen LogP contribution in [0.25, 0.3) is 11.1 Å². The topological polar surface area (TPSA) is 93.3 Å². The molecule has 3 rings (SSSR count). The number of aromatic nitrogens is 2. The van der Waals surface area contributed by atoms with E-state index in [1.54, 1.807) is 12.4 Å². The molecule has 6 nitrogen and oxygen atoms in total. The minimum Gasteiger partial charge on any atom is -0.386 e. The molecule has 0 bridgehead atoms. The van der Waals surface area contributed by atoms with Gasteiger partial charge in [0.25, 0.3) is 0 Å². The average molecular weight is 292 g/mol. The lowest BCUT2D eigenvalue weighted by atomic mass is 10.0. The van der Waals surface area contributed by atoms with Crippen molar-refractivity contribution in [2.24, 2.45) is 0 Å². The minimum atomic E-state index is -0.815. The van der Waals surface area contributed by atoms with E-state index in [0.717, 1.165) is 16.1 Å². The number of pyridine rings is 1. The Morgan fingerprint density at radius 1 is 1.55 bits per heavy atom. The highest BCUT2D eigenvalue weighted by molar-refractivity contribution is 7.11. The van der Waals surface area contributed by atoms with Gasteiger partial charge in [-0.25, -0.2) is 0 Å². The molecule has 1 atom stereocenters. The Morgan fingerprint density at radius 2 is 2.45 bits per heavy atom. The molecule has 7 heteroatoms. The fourth-order valence-corrected chi connectivity index (χ4v) is 2.92. The van der Waals surface area contributed by atoms with Crippen LogP contribution in [0, 0.1) is 0 Å². The first-order valence-electron chi connectivity index (χ1n) is 6.37. The molecule has 1 aliphatic heterocycles. The first-order valence-corrected chi connectivity index (χ1v) is 7.15. The fourth-order valence-electron chi connectivity index (χ4n) is 2.19. The Kier molecular flexibility index (Phi) is 3.56. The van der Waals surface area contributed by atoms with Crippen molar-refractivity contribution in [2.45, 2.75) is 12.0 Å². The van der Waals surface area contributed by atoms with Gasteiger partial charge in [0.05, 0.1) is 12.2 Å². The predicted octanol–water partition coefficient (Wildman–Crippen LogP) is 1.35. The summed E-state index contributed by atoms with van der Waals surface area (Å²) in [6.45, 7) is 1.37. The summed E-state index contributed by atoms with van der Waals surface area (Å²) in [7, 11) is 0. The summed E-state index contributed by atoms with van der Waals surface area (Å²) < 4.78 is 9.41. The van der Waals surface area contributed by atoms with E-state index in [9.17, 15) is 5.11 Å². The molecular weight excluding hydrogens is 276 g/mol. The third-order valence-electron chi connectivity index (χ3n) is 3.33. The quantitative estimate of drug-likeness (QED) is 0.787. The van der Waals surface area contributed by atoms with Gasteiger partial charge in [-0.3, -0.25) is 4.98 Å². The van der Waals surface area contributed by atoms with Crippen LogP contribution in [-0.2, 0) is 4.74 Å². The maximum absolute atomic E-state index is 10.3. The SMILES string of the molecule is Nc1nsc(NCC2(O)CCOC2)c1-c1cccnc1. The highest BCUT2D eigenvalue weighted by Gasteiger charge is 2.32. The lowest BCUT2D eigenvalue weighted by molar-refractivity contribution is 0.0382. The molecule has 1 aliphatic rings. The summed E-state index contributed by atoms with van der Waals surface area (Å²) in [5, 5.41) is 14.4. The number of rotatable bonds is 4. The minimum absolute atomic E-state index is 0.358. The summed E-state index contributed by atoms with van der Waals surface area (Å²) >= 11 is 1.29. The molecule has 1 fully saturated rings. The van der Waals surface area contributed by atoms with Crippen LogP contribution < -0.4 is 11.1 Å². The van der Waals surface area contributed by atoms with Gasteiger partial charge in [-0.2, -0.15) is 4.37 Å². The van der Waals surface area contributed by atoms with Gasteiger partial charge in [0.1, 0.15) is 16.4 Å². The van der Waals surface area contributed by atoms with Gasteiger partial charge in [-0.15, -0.1) is 0 Å². The second-order valence-electron chi connectivity index (χ2n) is 4.89. The number of hydrogen-bond acceptors (Lipinski definition) is 7. The fraction of sp³-hybridized carbons (Fsp3) is 0.385. The number of anilines is 2. The van der Waals surface area contributed by atoms with Crippen LogP contribution in [0.5, 0.6) is 0 Å². The highest BCUT2D eigenvalue weighted by atomic mass is 32.1. The molecule has 0 aliphatic carbocycles. The Morgan fingerprint density at radius 3 is 3.15 bits per heavy atom. The van der Waals surface area contributed by atoms with E-state index in [1.807, 2.05) is 12.1 Å². The molecule has 20 heavy (non-hydrogen) atoms. The van der Waals surface area contributed by atoms with Crippen molar-refractivity contribution in [3.63, 3.8) is 0 Å². The zero-order valence-electron chi connectivity index (χ0n) is 10.9. The third kappa shape index (κ3) is 2.60. The Balaban J connectivity index is 1.81. The molecule has 1 saturated heterocycles. The largest absolute Gasteiger partial charge is 0.386 e. The normalized spacial score (nSPS) is 22.1. The highest BCUT2D eigenvalue weighted by Crippen LogP contribution is 2.36. The first-order chi connectivity index (χ1) is 9.68. The first kappa shape index (κ1) is 13.3. The Labute approximate surface area is 120 Å². The van der Waals surface area contributed by atoms with Crippen molar-refractivity contribution in [3.05, 3.63) is 24.5 Å². The average Bonchev–Trinajstić information content (AvgIpc) is 3.05. The van der Waals surface area contributed by atoms with Crippen LogP contribution in [0.2, 0.25) is 0 Å². The van der Waals surface area contributed by atoms with Gasteiger partial charge in [0.2, 0.25) is 0 Å². The van der Waals surface area contributed by atoms with Crippen LogP contribution in [0.3, 0.4) is 0 Å². The second kappa shape index (κ2) is 5.35. The van der Waals surface area contributed by atoms with Gasteiger partial charge < -0.3 is 20.9 Å². The number of nitrogens with two attached hydrogens (primary N) is 1. The third-order valence-corrected chi connectivity index (χ3v) is 4.15. The predicted molar refractivity (Wildman–Crippen MR) is 78.6 cm³/mol. The molecular formula is C13H16N4O2S. The van der Waals surface area contributed by atoms with E-state index in [1.165, 1.54) is 11.5 Å². The molecule has 1 unspecified atom stereocenters. The molecule has 2 aromatic heterocycles. The van der Waals surface area contributed by atoms with Crippen molar-refractivity contribution in [1.29, 1.82) is 0 Å². The maximum Gasteiger partial charge on any atom is 0.147 e. The molecule has 106 valence electrons. The summed E-state index contributed by atoms with van der Waals surface area (Å²) in [5.41, 5.74) is 6.87. The molecule has 0 spiro atoms. The number of nitrogens with one attached hydrogen (secondary N) is 1. The molecule has 0 radical (unpaired) electrons. The van der Waals surface area contributed by atoms with Gasteiger partial charge >= 0.3 is 0 Å². The summed E-state index contributed by atoms with van der Waals surface area (Å²) in [6, 6.07) is 3.79. The molecule has 2 aromatic rings. The van der Waals surface area contributed by atoms with E-state index in [4.69, 9.17) is 10.5 Å². The van der Waals surface area contributed by atoms with Gasteiger partial charge in [-0.05, 0) is 17.6 Å². The monoisotopic (exact) mass is 292 g/mol. The van der Waals surface area contributed by atoms with Crippen molar-refractivity contribution >= 4 is 22.4 Å². The summed E-state index contributed by atoms with van der Waals surface area (Å²) in [6.07, 6.45) is 4.10. The number of aliphatic hydroxyl groups is 1. The molecule has 0 amide bonds. The molecule has 3 heterocycles. The molecule has 4 N–H and O–H groups in total. The molecule has 0 saturated carbocycles. The van der Waals surface area contributed by atoms with Crippen molar-refractivity contribution in [1.82, 2.24) is 9.36 Å². The van der Waals surface area contributed by atoms with Crippen LogP contribution >= 0.6 is 11.5 Å². The number of ether oxygens (including phenoxy) is 1. The Hall–Kier alpha value is -1.70.